The van der Waals surface area contributed by atoms with Crippen molar-refractivity contribution in [2.75, 3.05) is 11.9 Å². The first kappa shape index (κ1) is 20.6. The maximum absolute atomic E-state index is 12.4. The Bertz CT molecular complexity index is 1070. The summed E-state index contributed by atoms with van der Waals surface area (Å²) in [5, 5.41) is 2.78. The minimum absolute atomic E-state index is 0.130. The van der Waals surface area contributed by atoms with E-state index < -0.39 is 10.0 Å². The van der Waals surface area contributed by atoms with E-state index in [1.165, 1.54) is 24.3 Å². The number of sulfonamides is 1. The normalized spacial score (nSPS) is 11.1. The van der Waals surface area contributed by atoms with Crippen molar-refractivity contribution in [3.8, 4) is 5.75 Å². The molecule has 150 valence electrons. The summed E-state index contributed by atoms with van der Waals surface area (Å²) in [4.78, 5) is 12.2. The molecule has 0 atom stereocenters. The topological polar surface area (TPSA) is 84.5 Å². The second-order valence-corrected chi connectivity index (χ2v) is 8.20. The Hall–Kier alpha value is -3.16. The Balaban J connectivity index is 1.54. The SMILES string of the molecule is Cc1ccccc1NC(=O)COc1ccc(S(=O)(=O)NCc2ccccc2)cc1. The highest BCUT2D eigenvalue weighted by molar-refractivity contribution is 7.89. The van der Waals surface area contributed by atoms with Crippen molar-refractivity contribution < 1.29 is 17.9 Å². The van der Waals surface area contributed by atoms with E-state index in [-0.39, 0.29) is 24.0 Å². The summed E-state index contributed by atoms with van der Waals surface area (Å²) in [6, 6.07) is 22.7. The number of carbonyl (C=O) groups is 1. The molecule has 0 unspecified atom stereocenters. The van der Waals surface area contributed by atoms with Gasteiger partial charge in [-0.05, 0) is 48.4 Å². The number of para-hydroxylation sites is 1. The molecule has 3 aromatic rings. The molecule has 0 aliphatic carbocycles. The molecule has 0 saturated carbocycles. The summed E-state index contributed by atoms with van der Waals surface area (Å²) < 4.78 is 32.8. The van der Waals surface area contributed by atoms with Gasteiger partial charge in [0.25, 0.3) is 5.91 Å². The lowest BCUT2D eigenvalue weighted by Gasteiger charge is -2.10. The van der Waals surface area contributed by atoms with Gasteiger partial charge in [-0.1, -0.05) is 48.5 Å². The molecule has 0 fully saturated rings. The van der Waals surface area contributed by atoms with Crippen LogP contribution in [0.2, 0.25) is 0 Å². The van der Waals surface area contributed by atoms with Gasteiger partial charge in [-0.3, -0.25) is 4.79 Å². The molecule has 0 bridgehead atoms. The summed E-state index contributed by atoms with van der Waals surface area (Å²) in [5.74, 6) is 0.118. The van der Waals surface area contributed by atoms with Gasteiger partial charge >= 0.3 is 0 Å². The largest absolute Gasteiger partial charge is 0.484 e. The van der Waals surface area contributed by atoms with Crippen LogP contribution in [0.1, 0.15) is 11.1 Å². The Labute approximate surface area is 170 Å². The third-order valence-corrected chi connectivity index (χ3v) is 5.65. The van der Waals surface area contributed by atoms with Gasteiger partial charge in [0.1, 0.15) is 5.75 Å². The maximum Gasteiger partial charge on any atom is 0.262 e. The molecule has 29 heavy (non-hydrogen) atoms. The summed E-state index contributed by atoms with van der Waals surface area (Å²) in [7, 11) is -3.64. The number of carbonyl (C=O) groups excluding carboxylic acids is 1. The van der Waals surface area contributed by atoms with Gasteiger partial charge in [0.15, 0.2) is 6.61 Å². The van der Waals surface area contributed by atoms with Gasteiger partial charge in [0.05, 0.1) is 4.90 Å². The zero-order valence-electron chi connectivity index (χ0n) is 16.0. The van der Waals surface area contributed by atoms with Crippen LogP contribution in [0.25, 0.3) is 0 Å². The van der Waals surface area contributed by atoms with E-state index in [2.05, 4.69) is 10.0 Å². The number of nitrogens with one attached hydrogen (secondary N) is 2. The molecule has 0 aliphatic rings. The van der Waals surface area contributed by atoms with E-state index in [4.69, 9.17) is 4.74 Å². The van der Waals surface area contributed by atoms with Crippen LogP contribution in [0.3, 0.4) is 0 Å². The van der Waals surface area contributed by atoms with Crippen molar-refractivity contribution in [2.24, 2.45) is 0 Å². The van der Waals surface area contributed by atoms with Gasteiger partial charge in [-0.2, -0.15) is 0 Å². The van der Waals surface area contributed by atoms with Crippen LogP contribution in [0, 0.1) is 6.92 Å². The zero-order chi connectivity index (χ0) is 20.7. The molecular weight excluding hydrogens is 388 g/mol. The molecule has 3 rings (SSSR count). The fourth-order valence-corrected chi connectivity index (χ4v) is 3.64. The lowest BCUT2D eigenvalue weighted by Crippen LogP contribution is -2.23. The Morgan fingerprint density at radius 3 is 2.24 bits per heavy atom. The predicted octanol–water partition coefficient (Wildman–Crippen LogP) is 3.49. The highest BCUT2D eigenvalue weighted by Crippen LogP contribution is 2.17. The van der Waals surface area contributed by atoms with Crippen molar-refractivity contribution in [1.29, 1.82) is 0 Å². The lowest BCUT2D eigenvalue weighted by atomic mass is 10.2. The molecule has 0 saturated heterocycles. The molecule has 7 heteroatoms. The summed E-state index contributed by atoms with van der Waals surface area (Å²) in [6.45, 7) is 1.94. The highest BCUT2D eigenvalue weighted by atomic mass is 32.2. The fraction of sp³-hybridized carbons (Fsp3) is 0.136. The van der Waals surface area contributed by atoms with Crippen LogP contribution in [-0.2, 0) is 21.4 Å². The smallest absolute Gasteiger partial charge is 0.262 e. The van der Waals surface area contributed by atoms with Crippen molar-refractivity contribution in [1.82, 2.24) is 4.72 Å². The van der Waals surface area contributed by atoms with Crippen molar-refractivity contribution in [3.63, 3.8) is 0 Å². The van der Waals surface area contributed by atoms with Crippen LogP contribution < -0.4 is 14.8 Å². The van der Waals surface area contributed by atoms with Crippen LogP contribution >= 0.6 is 0 Å². The highest BCUT2D eigenvalue weighted by Gasteiger charge is 2.14. The van der Waals surface area contributed by atoms with Crippen molar-refractivity contribution in [3.05, 3.63) is 90.0 Å². The number of benzene rings is 3. The quantitative estimate of drug-likeness (QED) is 0.595. The van der Waals surface area contributed by atoms with Crippen LogP contribution in [-0.4, -0.2) is 20.9 Å². The molecular formula is C22H22N2O4S. The van der Waals surface area contributed by atoms with E-state index in [0.29, 0.717) is 5.75 Å². The van der Waals surface area contributed by atoms with E-state index in [0.717, 1.165) is 16.8 Å². The first-order valence-corrected chi connectivity index (χ1v) is 10.5. The van der Waals surface area contributed by atoms with Crippen molar-refractivity contribution in [2.45, 2.75) is 18.4 Å². The number of hydrogen-bond acceptors (Lipinski definition) is 4. The monoisotopic (exact) mass is 410 g/mol. The average molecular weight is 410 g/mol. The van der Waals surface area contributed by atoms with Crippen LogP contribution in [0.5, 0.6) is 5.75 Å². The maximum atomic E-state index is 12.4. The van der Waals surface area contributed by atoms with Gasteiger partial charge < -0.3 is 10.1 Å². The van der Waals surface area contributed by atoms with Crippen LogP contribution in [0.15, 0.2) is 83.8 Å². The zero-order valence-corrected chi connectivity index (χ0v) is 16.8. The lowest BCUT2D eigenvalue weighted by molar-refractivity contribution is -0.118. The minimum Gasteiger partial charge on any atom is -0.484 e. The third kappa shape index (κ3) is 5.91. The van der Waals surface area contributed by atoms with Crippen molar-refractivity contribution >= 4 is 21.6 Å². The fourth-order valence-electron chi connectivity index (χ4n) is 2.62. The molecule has 0 aromatic heterocycles. The minimum atomic E-state index is -3.64. The van der Waals surface area contributed by atoms with Gasteiger partial charge in [-0.25, -0.2) is 13.1 Å². The summed E-state index contributed by atoms with van der Waals surface area (Å²) >= 11 is 0. The molecule has 0 aliphatic heterocycles. The number of rotatable bonds is 8. The van der Waals surface area contributed by atoms with E-state index in [1.807, 2.05) is 61.5 Å². The first-order valence-electron chi connectivity index (χ1n) is 9.06. The second kappa shape index (κ2) is 9.36. The number of aryl methyl sites for hydroxylation is 1. The predicted molar refractivity (Wildman–Crippen MR) is 112 cm³/mol. The molecule has 2 N–H and O–H groups in total. The number of amides is 1. The number of anilines is 1. The summed E-state index contributed by atoms with van der Waals surface area (Å²) in [6.07, 6.45) is 0. The number of hydrogen-bond donors (Lipinski definition) is 2. The van der Waals surface area contributed by atoms with E-state index in [1.54, 1.807) is 0 Å². The van der Waals surface area contributed by atoms with Gasteiger partial charge in [0, 0.05) is 12.2 Å². The third-order valence-electron chi connectivity index (χ3n) is 4.23. The molecule has 3 aromatic carbocycles. The van der Waals surface area contributed by atoms with E-state index in [9.17, 15) is 13.2 Å². The number of ether oxygens (including phenoxy) is 1. The Morgan fingerprint density at radius 1 is 0.897 bits per heavy atom. The average Bonchev–Trinajstić information content (AvgIpc) is 2.74. The molecule has 1 amide bonds. The van der Waals surface area contributed by atoms with Gasteiger partial charge in [-0.15, -0.1) is 0 Å². The molecule has 0 heterocycles. The Kier molecular flexibility index (Phi) is 6.64. The van der Waals surface area contributed by atoms with Gasteiger partial charge in [0.2, 0.25) is 10.0 Å². The first-order chi connectivity index (χ1) is 13.9. The molecule has 0 radical (unpaired) electrons. The van der Waals surface area contributed by atoms with E-state index >= 15 is 0 Å². The standard InChI is InChI=1S/C22H22N2O4S/c1-17-7-5-6-10-21(17)24-22(25)16-28-19-11-13-20(14-12-19)29(26,27)23-15-18-8-3-2-4-9-18/h2-14,23H,15-16H2,1H3,(H,24,25). The van der Waals surface area contributed by atoms with Crippen LogP contribution in [0.4, 0.5) is 5.69 Å². The Morgan fingerprint density at radius 2 is 1.55 bits per heavy atom. The summed E-state index contributed by atoms with van der Waals surface area (Å²) in [5.41, 5.74) is 2.56. The second-order valence-electron chi connectivity index (χ2n) is 6.43. The molecule has 0 spiro atoms. The molecule has 6 nitrogen and oxygen atoms in total.